The van der Waals surface area contributed by atoms with Crippen molar-refractivity contribution in [2.45, 2.75) is 57.8 Å². The van der Waals surface area contributed by atoms with Crippen LogP contribution in [0.3, 0.4) is 0 Å². The van der Waals surface area contributed by atoms with Crippen LogP contribution in [0.1, 0.15) is 56.9 Å². The van der Waals surface area contributed by atoms with E-state index in [-0.39, 0.29) is 5.97 Å². The fourth-order valence-corrected chi connectivity index (χ4v) is 2.67. The minimum Gasteiger partial charge on any atom is -0.427 e. The highest BCUT2D eigenvalue weighted by molar-refractivity contribution is 5.95. The van der Waals surface area contributed by atoms with Gasteiger partial charge in [-0.15, -0.1) is 6.58 Å². The molecule has 0 saturated carbocycles. The first-order chi connectivity index (χ1) is 10.8. The summed E-state index contributed by atoms with van der Waals surface area (Å²) in [4.78, 5) is 15.7. The highest BCUT2D eigenvalue weighted by atomic mass is 16.6. The molecule has 1 aromatic rings. The second kappa shape index (κ2) is 9.19. The molecule has 1 aliphatic heterocycles. The number of allylic oxidation sites excluding steroid dienone is 2. The number of carbonyl (C=O) groups is 1. The van der Waals surface area contributed by atoms with E-state index in [0.717, 1.165) is 43.4 Å². The van der Waals surface area contributed by atoms with Crippen molar-refractivity contribution in [3.63, 3.8) is 0 Å². The Hall–Kier alpha value is -1.90. The summed E-state index contributed by atoms with van der Waals surface area (Å²) in [5.41, 5.74) is 2.09. The molecule has 3 nitrogen and oxygen atoms in total. The zero-order chi connectivity index (χ0) is 15.6. The predicted octanol–water partition coefficient (Wildman–Crippen LogP) is 4.74. The number of aryl methyl sites for hydroxylation is 1. The molecule has 0 N–H and O–H groups in total. The number of ether oxygens (including phenoxy) is 1. The summed E-state index contributed by atoms with van der Waals surface area (Å²) in [5.74, 6) is 0.772. The minimum absolute atomic E-state index is 0.118. The van der Waals surface area contributed by atoms with Crippen molar-refractivity contribution in [1.29, 1.82) is 0 Å². The predicted molar refractivity (Wildman–Crippen MR) is 88.2 cm³/mol. The third-order valence-corrected chi connectivity index (χ3v) is 4.00. The van der Waals surface area contributed by atoms with E-state index < -0.39 is 0 Å². The van der Waals surface area contributed by atoms with Gasteiger partial charge in [0.05, 0.1) is 5.57 Å². The number of cyclic esters (lactones) is 1. The van der Waals surface area contributed by atoms with Gasteiger partial charge in [-0.05, 0) is 43.7 Å². The van der Waals surface area contributed by atoms with Gasteiger partial charge in [0.25, 0.3) is 0 Å². The van der Waals surface area contributed by atoms with Crippen molar-refractivity contribution in [3.8, 4) is 0 Å². The van der Waals surface area contributed by atoms with Crippen LogP contribution in [0.15, 0.2) is 48.5 Å². The topological polar surface area (TPSA) is 39.2 Å². The Morgan fingerprint density at radius 2 is 1.91 bits per heavy atom. The van der Waals surface area contributed by atoms with Gasteiger partial charge in [-0.1, -0.05) is 31.4 Å². The lowest BCUT2D eigenvalue weighted by atomic mass is 9.99. The van der Waals surface area contributed by atoms with E-state index in [9.17, 15) is 4.79 Å². The van der Waals surface area contributed by atoms with E-state index in [1.54, 1.807) is 6.20 Å². The Labute approximate surface area is 133 Å². The number of unbranched alkanes of at least 4 members (excludes halogenated alkanes) is 5. The normalized spacial score (nSPS) is 13.7. The van der Waals surface area contributed by atoms with Gasteiger partial charge >= 0.3 is 5.97 Å². The highest BCUT2D eigenvalue weighted by Gasteiger charge is 2.28. The maximum atomic E-state index is 11.6. The third kappa shape index (κ3) is 5.14. The molecule has 0 radical (unpaired) electrons. The van der Waals surface area contributed by atoms with Gasteiger partial charge in [-0.2, -0.15) is 0 Å². The fourth-order valence-electron chi connectivity index (χ4n) is 2.67. The standard InChI is InChI=1S/C19H25NO2/c1-2-3-4-5-6-7-8-11-17-18(22-19(17)21)13-12-16-10-9-14-20-15-16/h2,9-10,14-15H,1,3-8,11-13H2. The maximum Gasteiger partial charge on any atom is 0.342 e. The van der Waals surface area contributed by atoms with Crippen LogP contribution in [0.4, 0.5) is 0 Å². The minimum atomic E-state index is -0.118. The van der Waals surface area contributed by atoms with Crippen LogP contribution >= 0.6 is 0 Å². The lowest BCUT2D eigenvalue weighted by Crippen LogP contribution is -2.22. The third-order valence-electron chi connectivity index (χ3n) is 4.00. The van der Waals surface area contributed by atoms with Crippen LogP contribution in [0.2, 0.25) is 0 Å². The number of hydrogen-bond acceptors (Lipinski definition) is 3. The molecule has 1 aromatic heterocycles. The molecule has 118 valence electrons. The van der Waals surface area contributed by atoms with Crippen LogP contribution < -0.4 is 0 Å². The molecule has 0 aromatic carbocycles. The molecule has 2 heterocycles. The van der Waals surface area contributed by atoms with Gasteiger partial charge in [0.15, 0.2) is 0 Å². The molecular formula is C19H25NO2. The number of rotatable bonds is 11. The average Bonchev–Trinajstić information content (AvgIpc) is 2.54. The largest absolute Gasteiger partial charge is 0.427 e. The lowest BCUT2D eigenvalue weighted by molar-refractivity contribution is -0.141. The number of nitrogens with zero attached hydrogens (tertiary/aromatic N) is 1. The highest BCUT2D eigenvalue weighted by Crippen LogP contribution is 2.29. The first-order valence-corrected chi connectivity index (χ1v) is 8.25. The molecular weight excluding hydrogens is 274 g/mol. The SMILES string of the molecule is C=CCCCCCCCC1=C(CCc2cccnc2)OC1=O. The number of carbonyl (C=O) groups excluding carboxylic acids is 1. The Morgan fingerprint density at radius 3 is 2.64 bits per heavy atom. The van der Waals surface area contributed by atoms with Crippen molar-refractivity contribution in [2.75, 3.05) is 0 Å². The molecule has 0 aliphatic carbocycles. The van der Waals surface area contributed by atoms with Crippen LogP contribution in [-0.2, 0) is 16.0 Å². The first-order valence-electron chi connectivity index (χ1n) is 8.25. The summed E-state index contributed by atoms with van der Waals surface area (Å²) in [6.45, 7) is 3.73. The zero-order valence-electron chi connectivity index (χ0n) is 13.2. The fraction of sp³-hybridized carbons (Fsp3) is 0.474. The van der Waals surface area contributed by atoms with Gasteiger partial charge in [0.2, 0.25) is 0 Å². The molecule has 0 spiro atoms. The summed E-state index contributed by atoms with van der Waals surface area (Å²) >= 11 is 0. The summed E-state index contributed by atoms with van der Waals surface area (Å²) in [6.07, 6.45) is 15.2. The van der Waals surface area contributed by atoms with Gasteiger partial charge in [-0.3, -0.25) is 4.98 Å². The lowest BCUT2D eigenvalue weighted by Gasteiger charge is -2.22. The van der Waals surface area contributed by atoms with E-state index in [1.165, 1.54) is 31.2 Å². The van der Waals surface area contributed by atoms with Gasteiger partial charge in [0.1, 0.15) is 5.76 Å². The van der Waals surface area contributed by atoms with E-state index in [0.29, 0.717) is 0 Å². The Kier molecular flexibility index (Phi) is 6.88. The first kappa shape index (κ1) is 16.5. The van der Waals surface area contributed by atoms with Crippen LogP contribution in [0, 0.1) is 0 Å². The van der Waals surface area contributed by atoms with Crippen molar-refractivity contribution in [1.82, 2.24) is 4.98 Å². The maximum absolute atomic E-state index is 11.6. The van der Waals surface area contributed by atoms with E-state index in [1.807, 2.05) is 18.3 Å². The van der Waals surface area contributed by atoms with Crippen molar-refractivity contribution in [2.24, 2.45) is 0 Å². The number of esters is 1. The van der Waals surface area contributed by atoms with E-state index in [4.69, 9.17) is 4.74 Å². The molecule has 0 amide bonds. The molecule has 1 aliphatic rings. The van der Waals surface area contributed by atoms with Gasteiger partial charge in [0, 0.05) is 18.8 Å². The van der Waals surface area contributed by atoms with Crippen molar-refractivity contribution < 1.29 is 9.53 Å². The Bertz CT molecular complexity index is 519. The van der Waals surface area contributed by atoms with Gasteiger partial charge < -0.3 is 4.74 Å². The number of aromatic nitrogens is 1. The summed E-state index contributed by atoms with van der Waals surface area (Å²) in [5, 5.41) is 0. The number of hydrogen-bond donors (Lipinski definition) is 0. The van der Waals surface area contributed by atoms with Crippen LogP contribution in [-0.4, -0.2) is 11.0 Å². The average molecular weight is 299 g/mol. The van der Waals surface area contributed by atoms with Crippen molar-refractivity contribution >= 4 is 5.97 Å². The van der Waals surface area contributed by atoms with E-state index in [2.05, 4.69) is 17.6 Å². The summed E-state index contributed by atoms with van der Waals surface area (Å²) in [6, 6.07) is 3.99. The molecule has 0 atom stereocenters. The van der Waals surface area contributed by atoms with Crippen LogP contribution in [0.25, 0.3) is 0 Å². The zero-order valence-corrected chi connectivity index (χ0v) is 13.2. The summed E-state index contributed by atoms with van der Waals surface area (Å²) in [7, 11) is 0. The van der Waals surface area contributed by atoms with E-state index >= 15 is 0 Å². The van der Waals surface area contributed by atoms with Crippen LogP contribution in [0.5, 0.6) is 0 Å². The summed E-state index contributed by atoms with van der Waals surface area (Å²) < 4.78 is 5.19. The smallest absolute Gasteiger partial charge is 0.342 e. The molecule has 3 heteroatoms. The molecule has 2 rings (SSSR count). The molecule has 0 bridgehead atoms. The number of pyridine rings is 1. The Morgan fingerprint density at radius 1 is 1.09 bits per heavy atom. The van der Waals surface area contributed by atoms with Gasteiger partial charge in [-0.25, -0.2) is 4.79 Å². The molecule has 0 saturated heterocycles. The second-order valence-corrected chi connectivity index (χ2v) is 5.75. The quantitative estimate of drug-likeness (QED) is 0.336. The molecule has 22 heavy (non-hydrogen) atoms. The Balaban J connectivity index is 1.67. The second-order valence-electron chi connectivity index (χ2n) is 5.75. The molecule has 0 unspecified atom stereocenters. The monoisotopic (exact) mass is 299 g/mol. The van der Waals surface area contributed by atoms with Crippen molar-refractivity contribution in [3.05, 3.63) is 54.1 Å². The molecule has 0 fully saturated rings.